The Kier molecular flexibility index (Phi) is 2.84. The Hall–Kier alpha value is -0.870. The Morgan fingerprint density at radius 2 is 2.21 bits per heavy atom. The highest BCUT2D eigenvalue weighted by atomic mass is 35.5. The van der Waals surface area contributed by atoms with Crippen molar-refractivity contribution in [1.29, 1.82) is 0 Å². The zero-order valence-corrected chi connectivity index (χ0v) is 8.38. The van der Waals surface area contributed by atoms with E-state index in [1.807, 2.05) is 0 Å². The van der Waals surface area contributed by atoms with Gasteiger partial charge in [0.2, 0.25) is 0 Å². The minimum atomic E-state index is 0.299. The van der Waals surface area contributed by atoms with Gasteiger partial charge in [-0.05, 0) is 12.8 Å². The maximum absolute atomic E-state index is 10.5. The summed E-state index contributed by atoms with van der Waals surface area (Å²) in [5.74, 6) is 1.15. The molecule has 0 aliphatic carbocycles. The van der Waals surface area contributed by atoms with E-state index in [0.29, 0.717) is 23.1 Å². The van der Waals surface area contributed by atoms with Gasteiger partial charge in [0.05, 0.1) is 0 Å². The molecule has 1 aromatic heterocycles. The Labute approximate surface area is 86.6 Å². The maximum Gasteiger partial charge on any atom is 0.171 e. The highest BCUT2D eigenvalue weighted by molar-refractivity contribution is 6.31. The number of aldehydes is 1. The third kappa shape index (κ3) is 1.81. The second-order valence-electron chi connectivity index (χ2n) is 3.33. The molecule has 0 radical (unpaired) electrons. The number of imidazole rings is 1. The second-order valence-corrected chi connectivity index (χ2v) is 3.70. The van der Waals surface area contributed by atoms with Gasteiger partial charge in [-0.3, -0.25) is 4.79 Å². The smallest absolute Gasteiger partial charge is 0.171 e. The molecule has 2 heterocycles. The first kappa shape index (κ1) is 9.68. The van der Waals surface area contributed by atoms with Gasteiger partial charge in [-0.1, -0.05) is 11.6 Å². The molecule has 2 rings (SSSR count). The molecule has 1 aliphatic rings. The van der Waals surface area contributed by atoms with Crippen LogP contribution in [0.25, 0.3) is 0 Å². The molecule has 0 unspecified atom stereocenters. The number of carbonyl (C=O) groups is 1. The SMILES string of the molecule is O=Cc1nc(C2CCOCC2)[nH]c1Cl. The van der Waals surface area contributed by atoms with E-state index < -0.39 is 0 Å². The number of H-pyrrole nitrogens is 1. The molecule has 0 bridgehead atoms. The van der Waals surface area contributed by atoms with Gasteiger partial charge in [0, 0.05) is 19.1 Å². The molecule has 0 atom stereocenters. The lowest BCUT2D eigenvalue weighted by molar-refractivity contribution is 0.0837. The molecule has 1 aliphatic heterocycles. The molecule has 1 fully saturated rings. The van der Waals surface area contributed by atoms with Crippen molar-refractivity contribution in [1.82, 2.24) is 9.97 Å². The minimum absolute atomic E-state index is 0.299. The van der Waals surface area contributed by atoms with Crippen molar-refractivity contribution in [3.8, 4) is 0 Å². The lowest BCUT2D eigenvalue weighted by Gasteiger charge is -2.19. The third-order valence-corrected chi connectivity index (χ3v) is 2.71. The molecule has 1 N–H and O–H groups in total. The lowest BCUT2D eigenvalue weighted by Crippen LogP contribution is -2.15. The zero-order valence-electron chi connectivity index (χ0n) is 7.62. The Morgan fingerprint density at radius 1 is 1.50 bits per heavy atom. The zero-order chi connectivity index (χ0) is 9.97. The third-order valence-electron chi connectivity index (χ3n) is 2.42. The van der Waals surface area contributed by atoms with Gasteiger partial charge in [-0.15, -0.1) is 0 Å². The molecule has 0 amide bonds. The van der Waals surface area contributed by atoms with Crippen LogP contribution in [-0.2, 0) is 4.74 Å². The van der Waals surface area contributed by atoms with Crippen LogP contribution in [0.4, 0.5) is 0 Å². The summed E-state index contributed by atoms with van der Waals surface area (Å²) < 4.78 is 5.24. The van der Waals surface area contributed by atoms with E-state index in [2.05, 4.69) is 9.97 Å². The highest BCUT2D eigenvalue weighted by Gasteiger charge is 2.20. The number of nitrogens with zero attached hydrogens (tertiary/aromatic N) is 1. The van der Waals surface area contributed by atoms with E-state index in [-0.39, 0.29) is 0 Å². The largest absolute Gasteiger partial charge is 0.381 e. The normalized spacial score (nSPS) is 18.4. The van der Waals surface area contributed by atoms with Crippen LogP contribution in [-0.4, -0.2) is 29.5 Å². The summed E-state index contributed by atoms with van der Waals surface area (Å²) in [6, 6.07) is 0. The lowest BCUT2D eigenvalue weighted by atomic mass is 10.00. The first-order valence-electron chi connectivity index (χ1n) is 4.59. The molecular formula is C9H11ClN2O2. The summed E-state index contributed by atoms with van der Waals surface area (Å²) in [4.78, 5) is 17.6. The number of carbonyl (C=O) groups excluding carboxylic acids is 1. The predicted molar refractivity (Wildman–Crippen MR) is 51.8 cm³/mol. The van der Waals surface area contributed by atoms with E-state index in [0.717, 1.165) is 31.9 Å². The maximum atomic E-state index is 10.5. The summed E-state index contributed by atoms with van der Waals surface area (Å²) in [7, 11) is 0. The summed E-state index contributed by atoms with van der Waals surface area (Å²) in [6.45, 7) is 1.50. The average molecular weight is 215 g/mol. The topological polar surface area (TPSA) is 55.0 Å². The number of hydrogen-bond donors (Lipinski definition) is 1. The molecule has 76 valence electrons. The number of rotatable bonds is 2. The number of halogens is 1. The fourth-order valence-electron chi connectivity index (χ4n) is 1.63. The average Bonchev–Trinajstić information content (AvgIpc) is 2.61. The summed E-state index contributed by atoms with van der Waals surface area (Å²) in [5, 5.41) is 0.335. The molecule has 5 heteroatoms. The van der Waals surface area contributed by atoms with Crippen molar-refractivity contribution in [3.63, 3.8) is 0 Å². The summed E-state index contributed by atoms with van der Waals surface area (Å²) in [6.07, 6.45) is 2.53. The van der Waals surface area contributed by atoms with Gasteiger partial charge in [-0.25, -0.2) is 4.98 Å². The summed E-state index contributed by atoms with van der Waals surface area (Å²) >= 11 is 5.78. The molecule has 14 heavy (non-hydrogen) atoms. The van der Waals surface area contributed by atoms with Crippen molar-refractivity contribution in [2.45, 2.75) is 18.8 Å². The second kappa shape index (κ2) is 4.11. The van der Waals surface area contributed by atoms with E-state index in [1.54, 1.807) is 0 Å². The monoisotopic (exact) mass is 214 g/mol. The van der Waals surface area contributed by atoms with Crippen LogP contribution in [0.15, 0.2) is 0 Å². The van der Waals surface area contributed by atoms with Gasteiger partial charge < -0.3 is 9.72 Å². The van der Waals surface area contributed by atoms with E-state index >= 15 is 0 Å². The van der Waals surface area contributed by atoms with Gasteiger partial charge in [-0.2, -0.15) is 0 Å². The highest BCUT2D eigenvalue weighted by Crippen LogP contribution is 2.26. The van der Waals surface area contributed by atoms with Crippen molar-refractivity contribution in [3.05, 3.63) is 16.7 Å². The Morgan fingerprint density at radius 3 is 2.79 bits per heavy atom. The molecule has 0 aromatic carbocycles. The van der Waals surface area contributed by atoms with E-state index in [1.165, 1.54) is 0 Å². The van der Waals surface area contributed by atoms with Crippen LogP contribution in [0.5, 0.6) is 0 Å². The number of hydrogen-bond acceptors (Lipinski definition) is 3. The summed E-state index contributed by atoms with van der Waals surface area (Å²) in [5.41, 5.74) is 0.299. The van der Waals surface area contributed by atoms with Crippen molar-refractivity contribution in [2.24, 2.45) is 0 Å². The molecule has 4 nitrogen and oxygen atoms in total. The number of ether oxygens (including phenoxy) is 1. The minimum Gasteiger partial charge on any atom is -0.381 e. The van der Waals surface area contributed by atoms with Gasteiger partial charge in [0.15, 0.2) is 6.29 Å². The molecular weight excluding hydrogens is 204 g/mol. The van der Waals surface area contributed by atoms with Crippen LogP contribution in [0.1, 0.15) is 35.1 Å². The van der Waals surface area contributed by atoms with Crippen LogP contribution < -0.4 is 0 Å². The van der Waals surface area contributed by atoms with Crippen molar-refractivity contribution in [2.75, 3.05) is 13.2 Å². The number of aromatic nitrogens is 2. The van der Waals surface area contributed by atoms with Crippen LogP contribution in [0, 0.1) is 0 Å². The van der Waals surface area contributed by atoms with Crippen LogP contribution in [0.2, 0.25) is 5.15 Å². The van der Waals surface area contributed by atoms with Crippen molar-refractivity contribution >= 4 is 17.9 Å². The van der Waals surface area contributed by atoms with Gasteiger partial charge in [0.25, 0.3) is 0 Å². The predicted octanol–water partition coefficient (Wildman–Crippen LogP) is 1.77. The Balaban J connectivity index is 2.18. The molecule has 1 saturated heterocycles. The number of nitrogens with one attached hydrogen (secondary N) is 1. The van der Waals surface area contributed by atoms with Crippen molar-refractivity contribution < 1.29 is 9.53 Å². The van der Waals surface area contributed by atoms with Crippen LogP contribution in [0.3, 0.4) is 0 Å². The van der Waals surface area contributed by atoms with E-state index in [9.17, 15) is 4.79 Å². The fraction of sp³-hybridized carbons (Fsp3) is 0.556. The van der Waals surface area contributed by atoms with E-state index in [4.69, 9.17) is 16.3 Å². The molecule has 0 spiro atoms. The number of aromatic amines is 1. The quantitative estimate of drug-likeness (QED) is 0.764. The fourth-order valence-corrected chi connectivity index (χ4v) is 1.81. The molecule has 1 aromatic rings. The standard InChI is InChI=1S/C9H11ClN2O2/c10-8-7(5-13)11-9(12-8)6-1-3-14-4-2-6/h5-6H,1-4H2,(H,11,12). The first-order valence-corrected chi connectivity index (χ1v) is 4.97. The Bertz CT molecular complexity index is 332. The van der Waals surface area contributed by atoms with Gasteiger partial charge >= 0.3 is 0 Å². The van der Waals surface area contributed by atoms with Crippen LogP contribution >= 0.6 is 11.6 Å². The molecule has 0 saturated carbocycles. The van der Waals surface area contributed by atoms with Gasteiger partial charge in [0.1, 0.15) is 16.7 Å². The first-order chi connectivity index (χ1) is 6.81.